The molecular weight excluding hydrogens is 246 g/mol. The third-order valence-electron chi connectivity index (χ3n) is 2.15. The minimum atomic E-state index is -0.0506. The normalized spacial score (nSPS) is 12.6. The van der Waals surface area contributed by atoms with Gasteiger partial charge in [0.15, 0.2) is 0 Å². The van der Waals surface area contributed by atoms with Gasteiger partial charge in [0.1, 0.15) is 0 Å². The monoisotopic (exact) mass is 265 g/mol. The van der Waals surface area contributed by atoms with Crippen molar-refractivity contribution in [3.63, 3.8) is 0 Å². The summed E-state index contributed by atoms with van der Waals surface area (Å²) in [4.78, 5) is 13.3. The zero-order valence-corrected chi connectivity index (χ0v) is 10.6. The first-order valence-electron chi connectivity index (χ1n) is 5.13. The number of aliphatic hydroxyl groups excluding tert-OH is 1. The smallest absolute Gasteiger partial charge is 0.236 e. The predicted octanol–water partition coefficient (Wildman–Crippen LogP) is 1.78. The van der Waals surface area contributed by atoms with E-state index < -0.39 is 0 Å². The van der Waals surface area contributed by atoms with Gasteiger partial charge in [-0.05, 0) is 25.7 Å². The molecule has 0 aliphatic heterocycles. The average Bonchev–Trinajstić information content (AvgIpc) is 2.21. The largest absolute Gasteiger partial charge is 0.396 e. The first-order chi connectivity index (χ1) is 6.63. The maximum Gasteiger partial charge on any atom is 0.236 e. The third kappa shape index (κ3) is 5.60. The van der Waals surface area contributed by atoms with Crippen LogP contribution in [0.15, 0.2) is 0 Å². The average molecular weight is 266 g/mol. The van der Waals surface area contributed by atoms with Gasteiger partial charge in [0, 0.05) is 20.2 Å². The molecule has 0 fully saturated rings. The number of hydrogen-bond acceptors (Lipinski definition) is 2. The van der Waals surface area contributed by atoms with Gasteiger partial charge in [-0.15, -0.1) is 0 Å². The van der Waals surface area contributed by atoms with Gasteiger partial charge in [-0.3, -0.25) is 4.79 Å². The van der Waals surface area contributed by atoms with E-state index in [0.717, 1.165) is 32.2 Å². The van der Waals surface area contributed by atoms with Crippen molar-refractivity contribution < 1.29 is 9.90 Å². The van der Waals surface area contributed by atoms with Crippen molar-refractivity contribution >= 4 is 21.8 Å². The van der Waals surface area contributed by atoms with Gasteiger partial charge in [-0.2, -0.15) is 0 Å². The summed E-state index contributed by atoms with van der Waals surface area (Å²) in [6.07, 6.45) is 3.59. The highest BCUT2D eigenvalue weighted by atomic mass is 79.9. The lowest BCUT2D eigenvalue weighted by atomic mass is 10.2. The number of rotatable bonds is 7. The van der Waals surface area contributed by atoms with Crippen LogP contribution in [0.5, 0.6) is 0 Å². The summed E-state index contributed by atoms with van der Waals surface area (Å²) in [6.45, 7) is 3.01. The molecule has 0 heterocycles. The van der Waals surface area contributed by atoms with Crippen LogP contribution in [0.2, 0.25) is 0 Å². The van der Waals surface area contributed by atoms with E-state index in [1.165, 1.54) is 0 Å². The molecule has 1 N–H and O–H groups in total. The fourth-order valence-corrected chi connectivity index (χ4v) is 1.51. The van der Waals surface area contributed by atoms with Crippen LogP contribution in [0.4, 0.5) is 0 Å². The summed E-state index contributed by atoms with van der Waals surface area (Å²) in [5.74, 6) is 0.150. The molecule has 4 heteroatoms. The number of unbranched alkanes of at least 4 members (excludes halogenated alkanes) is 2. The number of amides is 1. The summed E-state index contributed by atoms with van der Waals surface area (Å²) < 4.78 is 0. The van der Waals surface area contributed by atoms with E-state index in [-0.39, 0.29) is 17.3 Å². The van der Waals surface area contributed by atoms with E-state index in [2.05, 4.69) is 15.9 Å². The number of nitrogens with zero attached hydrogens (tertiary/aromatic N) is 1. The zero-order chi connectivity index (χ0) is 11.0. The highest BCUT2D eigenvalue weighted by molar-refractivity contribution is 9.10. The molecule has 0 bridgehead atoms. The predicted molar refractivity (Wildman–Crippen MR) is 61.6 cm³/mol. The second-order valence-electron chi connectivity index (χ2n) is 3.42. The molecule has 0 spiro atoms. The van der Waals surface area contributed by atoms with E-state index in [1.807, 2.05) is 14.0 Å². The summed E-state index contributed by atoms with van der Waals surface area (Å²) >= 11 is 3.33. The number of alkyl halides is 1. The molecule has 0 saturated heterocycles. The summed E-state index contributed by atoms with van der Waals surface area (Å²) in [6, 6.07) is 0. The molecule has 0 saturated carbocycles. The van der Waals surface area contributed by atoms with Crippen LogP contribution in [0.3, 0.4) is 0 Å². The minimum absolute atomic E-state index is 0.0506. The maximum absolute atomic E-state index is 11.6. The van der Waals surface area contributed by atoms with E-state index in [9.17, 15) is 4.79 Å². The SMILES string of the molecule is CCC(Br)C(=O)N(C)CCCCCO. The molecule has 0 aliphatic carbocycles. The highest BCUT2D eigenvalue weighted by Crippen LogP contribution is 2.08. The number of aliphatic hydroxyl groups is 1. The topological polar surface area (TPSA) is 40.5 Å². The molecule has 1 unspecified atom stereocenters. The van der Waals surface area contributed by atoms with E-state index >= 15 is 0 Å². The van der Waals surface area contributed by atoms with Gasteiger partial charge in [0.25, 0.3) is 0 Å². The first-order valence-corrected chi connectivity index (χ1v) is 6.05. The van der Waals surface area contributed by atoms with Crippen molar-refractivity contribution in [3.8, 4) is 0 Å². The van der Waals surface area contributed by atoms with Gasteiger partial charge in [0.2, 0.25) is 5.91 Å². The van der Waals surface area contributed by atoms with Crippen LogP contribution >= 0.6 is 15.9 Å². The van der Waals surface area contributed by atoms with Crippen LogP contribution in [0.1, 0.15) is 32.6 Å². The molecule has 1 atom stereocenters. The van der Waals surface area contributed by atoms with Crippen molar-refractivity contribution in [1.29, 1.82) is 0 Å². The molecule has 0 aliphatic rings. The highest BCUT2D eigenvalue weighted by Gasteiger charge is 2.16. The Bertz CT molecular complexity index is 164. The lowest BCUT2D eigenvalue weighted by Crippen LogP contribution is -2.33. The molecule has 0 aromatic rings. The molecule has 3 nitrogen and oxygen atoms in total. The van der Waals surface area contributed by atoms with Crippen molar-refractivity contribution in [3.05, 3.63) is 0 Å². The Kier molecular flexibility index (Phi) is 8.18. The molecule has 1 amide bonds. The van der Waals surface area contributed by atoms with Gasteiger partial charge in [-0.25, -0.2) is 0 Å². The van der Waals surface area contributed by atoms with Crippen LogP contribution in [0.25, 0.3) is 0 Å². The van der Waals surface area contributed by atoms with Gasteiger partial charge >= 0.3 is 0 Å². The fraction of sp³-hybridized carbons (Fsp3) is 0.900. The lowest BCUT2D eigenvalue weighted by molar-refractivity contribution is -0.129. The van der Waals surface area contributed by atoms with Crippen molar-refractivity contribution in [2.75, 3.05) is 20.2 Å². The Morgan fingerprint density at radius 3 is 2.57 bits per heavy atom. The molecule has 0 aromatic carbocycles. The summed E-state index contributed by atoms with van der Waals surface area (Å²) in [5.41, 5.74) is 0. The van der Waals surface area contributed by atoms with Gasteiger partial charge < -0.3 is 10.0 Å². The van der Waals surface area contributed by atoms with Gasteiger partial charge in [-0.1, -0.05) is 22.9 Å². The number of carbonyl (C=O) groups is 1. The third-order valence-corrected chi connectivity index (χ3v) is 3.19. The van der Waals surface area contributed by atoms with Gasteiger partial charge in [0.05, 0.1) is 4.83 Å². The van der Waals surface area contributed by atoms with Crippen LogP contribution in [-0.2, 0) is 4.79 Å². The molecule has 14 heavy (non-hydrogen) atoms. The Morgan fingerprint density at radius 1 is 1.43 bits per heavy atom. The Hall–Kier alpha value is -0.0900. The Labute approximate surface area is 94.6 Å². The quantitative estimate of drug-likeness (QED) is 0.563. The lowest BCUT2D eigenvalue weighted by Gasteiger charge is -2.19. The van der Waals surface area contributed by atoms with E-state index in [4.69, 9.17) is 5.11 Å². The fourth-order valence-electron chi connectivity index (χ4n) is 1.16. The standard InChI is InChI=1S/C10H20BrNO2/c1-3-9(11)10(14)12(2)7-5-4-6-8-13/h9,13H,3-8H2,1-2H3. The molecular formula is C10H20BrNO2. The Balaban J connectivity index is 3.62. The number of carbonyl (C=O) groups excluding carboxylic acids is 1. The van der Waals surface area contributed by atoms with Crippen molar-refractivity contribution in [2.24, 2.45) is 0 Å². The summed E-state index contributed by atoms with van der Waals surface area (Å²) in [7, 11) is 1.82. The van der Waals surface area contributed by atoms with E-state index in [0.29, 0.717) is 0 Å². The molecule has 84 valence electrons. The van der Waals surface area contributed by atoms with E-state index in [1.54, 1.807) is 4.90 Å². The van der Waals surface area contributed by atoms with Crippen molar-refractivity contribution in [2.45, 2.75) is 37.4 Å². The molecule has 0 rings (SSSR count). The second kappa shape index (κ2) is 8.24. The van der Waals surface area contributed by atoms with Crippen LogP contribution in [-0.4, -0.2) is 40.9 Å². The molecule has 0 radical (unpaired) electrons. The molecule has 0 aromatic heterocycles. The minimum Gasteiger partial charge on any atom is -0.396 e. The second-order valence-corrected chi connectivity index (χ2v) is 4.53. The number of halogens is 1. The first kappa shape index (κ1) is 13.9. The van der Waals surface area contributed by atoms with Crippen LogP contribution < -0.4 is 0 Å². The number of hydrogen-bond donors (Lipinski definition) is 1. The maximum atomic E-state index is 11.6. The van der Waals surface area contributed by atoms with Crippen molar-refractivity contribution in [1.82, 2.24) is 4.90 Å². The zero-order valence-electron chi connectivity index (χ0n) is 9.00. The Morgan fingerprint density at radius 2 is 2.07 bits per heavy atom. The summed E-state index contributed by atoms with van der Waals surface area (Å²) in [5, 5.41) is 8.58. The van der Waals surface area contributed by atoms with Crippen LogP contribution in [0, 0.1) is 0 Å².